The van der Waals surface area contributed by atoms with Gasteiger partial charge >= 0.3 is 11.9 Å². The summed E-state index contributed by atoms with van der Waals surface area (Å²) in [4.78, 5) is 22.4. The van der Waals surface area contributed by atoms with Crippen molar-refractivity contribution >= 4 is 11.9 Å². The van der Waals surface area contributed by atoms with Gasteiger partial charge in [-0.2, -0.15) is 0 Å². The third-order valence-corrected chi connectivity index (χ3v) is 2.01. The van der Waals surface area contributed by atoms with Crippen molar-refractivity contribution in [1.82, 2.24) is 4.90 Å². The van der Waals surface area contributed by atoms with Gasteiger partial charge in [-0.3, -0.25) is 14.5 Å². The minimum absolute atomic E-state index is 0.00722. The van der Waals surface area contributed by atoms with E-state index >= 15 is 0 Å². The lowest BCUT2D eigenvalue weighted by Gasteiger charge is -2.25. The lowest BCUT2D eigenvalue weighted by atomic mass is 10.1. The fraction of sp³-hybridized carbons (Fsp3) is 0.778. The Balaban J connectivity index is 4.21. The molecule has 0 aliphatic heterocycles. The van der Waals surface area contributed by atoms with Crippen LogP contribution in [0.25, 0.3) is 0 Å². The number of carbonyl (C=O) groups is 2. The second-order valence-electron chi connectivity index (χ2n) is 3.33. The third-order valence-electron chi connectivity index (χ3n) is 2.01. The van der Waals surface area contributed by atoms with E-state index in [0.717, 1.165) is 12.8 Å². The minimum Gasteiger partial charge on any atom is -0.480 e. The molecule has 0 aliphatic carbocycles. The fourth-order valence-corrected chi connectivity index (χ4v) is 1.32. The molecule has 1 atom stereocenters. The van der Waals surface area contributed by atoms with Crippen molar-refractivity contribution < 1.29 is 19.8 Å². The second kappa shape index (κ2) is 6.37. The minimum atomic E-state index is -0.991. The Labute approximate surface area is 83.3 Å². The van der Waals surface area contributed by atoms with Crippen molar-refractivity contribution in [3.05, 3.63) is 0 Å². The van der Waals surface area contributed by atoms with Crippen molar-refractivity contribution in [2.75, 3.05) is 13.1 Å². The van der Waals surface area contributed by atoms with Gasteiger partial charge in [0.25, 0.3) is 0 Å². The number of nitrogens with zero attached hydrogens (tertiary/aromatic N) is 1. The molecule has 0 radical (unpaired) electrons. The van der Waals surface area contributed by atoms with Gasteiger partial charge in [0.05, 0.1) is 13.1 Å². The van der Waals surface area contributed by atoms with Crippen LogP contribution in [0.2, 0.25) is 0 Å². The fourth-order valence-electron chi connectivity index (χ4n) is 1.32. The number of hydrogen-bond donors (Lipinski definition) is 2. The van der Waals surface area contributed by atoms with Crippen molar-refractivity contribution in [3.63, 3.8) is 0 Å². The van der Waals surface area contributed by atoms with Gasteiger partial charge in [-0.1, -0.05) is 13.3 Å². The summed E-state index contributed by atoms with van der Waals surface area (Å²) in [6, 6.07) is -0.00722. The predicted molar refractivity (Wildman–Crippen MR) is 51.2 cm³/mol. The number of rotatable bonds is 7. The van der Waals surface area contributed by atoms with Crippen LogP contribution in [-0.2, 0) is 9.59 Å². The Morgan fingerprint density at radius 1 is 1.21 bits per heavy atom. The van der Waals surface area contributed by atoms with E-state index < -0.39 is 11.9 Å². The largest absolute Gasteiger partial charge is 0.480 e. The van der Waals surface area contributed by atoms with E-state index in [1.807, 2.05) is 13.8 Å². The quantitative estimate of drug-likeness (QED) is 0.635. The van der Waals surface area contributed by atoms with Crippen LogP contribution in [0.1, 0.15) is 26.7 Å². The highest BCUT2D eigenvalue weighted by molar-refractivity contribution is 5.72. The molecule has 1 unspecified atom stereocenters. The second-order valence-corrected chi connectivity index (χ2v) is 3.33. The summed E-state index contributed by atoms with van der Waals surface area (Å²) in [5.74, 6) is -1.98. The van der Waals surface area contributed by atoms with Crippen LogP contribution >= 0.6 is 0 Å². The predicted octanol–water partition coefficient (Wildman–Crippen LogP) is 0.646. The molecule has 0 spiro atoms. The zero-order valence-corrected chi connectivity index (χ0v) is 8.56. The average Bonchev–Trinajstić information content (AvgIpc) is 2.01. The molecule has 0 amide bonds. The van der Waals surface area contributed by atoms with E-state index in [-0.39, 0.29) is 19.1 Å². The Hall–Kier alpha value is -1.10. The van der Waals surface area contributed by atoms with E-state index in [1.165, 1.54) is 4.90 Å². The van der Waals surface area contributed by atoms with E-state index in [2.05, 4.69) is 0 Å². The highest BCUT2D eigenvalue weighted by Crippen LogP contribution is 2.05. The molecule has 0 saturated carbocycles. The van der Waals surface area contributed by atoms with Gasteiger partial charge in [-0.05, 0) is 13.3 Å². The number of hydrogen-bond acceptors (Lipinski definition) is 3. The Morgan fingerprint density at radius 2 is 1.64 bits per heavy atom. The lowest BCUT2D eigenvalue weighted by molar-refractivity contribution is -0.142. The maximum Gasteiger partial charge on any atom is 0.317 e. The Bertz CT molecular complexity index is 189. The molecule has 2 N–H and O–H groups in total. The first kappa shape index (κ1) is 12.9. The first-order valence-corrected chi connectivity index (χ1v) is 4.65. The first-order chi connectivity index (χ1) is 6.47. The van der Waals surface area contributed by atoms with Crippen LogP contribution < -0.4 is 0 Å². The number of carboxylic acid groups (broad SMARTS) is 2. The molecule has 0 aromatic heterocycles. The van der Waals surface area contributed by atoms with Crippen LogP contribution in [0, 0.1) is 0 Å². The summed E-state index contributed by atoms with van der Waals surface area (Å²) >= 11 is 0. The van der Waals surface area contributed by atoms with Crippen LogP contribution in [0.4, 0.5) is 0 Å². The van der Waals surface area contributed by atoms with E-state index in [0.29, 0.717) is 0 Å². The molecular weight excluding hydrogens is 186 g/mol. The molecule has 0 aliphatic rings. The topological polar surface area (TPSA) is 77.8 Å². The highest BCUT2D eigenvalue weighted by atomic mass is 16.4. The van der Waals surface area contributed by atoms with E-state index in [1.54, 1.807) is 0 Å². The molecule has 0 aromatic rings. The van der Waals surface area contributed by atoms with Crippen LogP contribution in [-0.4, -0.2) is 46.2 Å². The number of aliphatic carboxylic acids is 2. The molecular formula is C9H17NO4. The van der Waals surface area contributed by atoms with Gasteiger partial charge < -0.3 is 10.2 Å². The van der Waals surface area contributed by atoms with Crippen LogP contribution in [0.5, 0.6) is 0 Å². The van der Waals surface area contributed by atoms with Gasteiger partial charge in [0.2, 0.25) is 0 Å². The zero-order chi connectivity index (χ0) is 11.1. The van der Waals surface area contributed by atoms with Gasteiger partial charge in [0.15, 0.2) is 0 Å². The third kappa shape index (κ3) is 5.53. The summed E-state index contributed by atoms with van der Waals surface area (Å²) in [5, 5.41) is 17.2. The monoisotopic (exact) mass is 203 g/mol. The first-order valence-electron chi connectivity index (χ1n) is 4.65. The molecule has 0 saturated heterocycles. The molecule has 0 bridgehead atoms. The summed E-state index contributed by atoms with van der Waals surface area (Å²) in [5.41, 5.74) is 0. The van der Waals surface area contributed by atoms with Gasteiger partial charge in [-0.15, -0.1) is 0 Å². The Kier molecular flexibility index (Phi) is 5.87. The van der Waals surface area contributed by atoms with Crippen molar-refractivity contribution in [3.8, 4) is 0 Å². The SMILES string of the molecule is CCCC(C)N(CC(=O)O)CC(=O)O. The summed E-state index contributed by atoms with van der Waals surface area (Å²) in [7, 11) is 0. The lowest BCUT2D eigenvalue weighted by Crippen LogP contribution is -2.40. The summed E-state index contributed by atoms with van der Waals surface area (Å²) in [6.07, 6.45) is 1.72. The van der Waals surface area contributed by atoms with E-state index in [4.69, 9.17) is 10.2 Å². The molecule has 5 heteroatoms. The van der Waals surface area contributed by atoms with E-state index in [9.17, 15) is 9.59 Å². The molecule has 0 rings (SSSR count). The summed E-state index contributed by atoms with van der Waals surface area (Å²) < 4.78 is 0. The van der Waals surface area contributed by atoms with Crippen molar-refractivity contribution in [2.45, 2.75) is 32.7 Å². The Morgan fingerprint density at radius 3 is 1.93 bits per heavy atom. The normalized spacial score (nSPS) is 12.8. The van der Waals surface area contributed by atoms with Crippen LogP contribution in [0.15, 0.2) is 0 Å². The maximum absolute atomic E-state index is 10.5. The summed E-state index contributed by atoms with van der Waals surface area (Å²) in [6.45, 7) is 3.40. The molecule has 14 heavy (non-hydrogen) atoms. The molecule has 0 fully saturated rings. The van der Waals surface area contributed by atoms with Crippen molar-refractivity contribution in [1.29, 1.82) is 0 Å². The standard InChI is InChI=1S/C9H17NO4/c1-3-4-7(2)10(5-8(11)12)6-9(13)14/h7H,3-6H2,1-2H3,(H,11,12)(H,13,14). The zero-order valence-electron chi connectivity index (χ0n) is 8.56. The molecule has 0 heterocycles. The number of carboxylic acids is 2. The molecule has 0 aromatic carbocycles. The highest BCUT2D eigenvalue weighted by Gasteiger charge is 2.18. The van der Waals surface area contributed by atoms with Crippen LogP contribution in [0.3, 0.4) is 0 Å². The van der Waals surface area contributed by atoms with Gasteiger partial charge in [0.1, 0.15) is 0 Å². The smallest absolute Gasteiger partial charge is 0.317 e. The van der Waals surface area contributed by atoms with Crippen molar-refractivity contribution in [2.24, 2.45) is 0 Å². The molecule has 5 nitrogen and oxygen atoms in total. The average molecular weight is 203 g/mol. The van der Waals surface area contributed by atoms with Gasteiger partial charge in [0, 0.05) is 6.04 Å². The van der Waals surface area contributed by atoms with Gasteiger partial charge in [-0.25, -0.2) is 0 Å². The molecule has 82 valence electrons. The maximum atomic E-state index is 10.5.